The van der Waals surface area contributed by atoms with Crippen LogP contribution < -0.4 is 5.32 Å². The number of anilines is 1. The van der Waals surface area contributed by atoms with E-state index in [-0.39, 0.29) is 12.1 Å². The summed E-state index contributed by atoms with van der Waals surface area (Å²) in [6, 6.07) is 2.22. The lowest BCUT2D eigenvalue weighted by Crippen LogP contribution is -2.47. The third kappa shape index (κ3) is 5.30. The number of hydrogen-bond donors (Lipinski definition) is 1. The Hall–Kier alpha value is -1.89. The number of likely N-dealkylation sites (tertiary alicyclic amines) is 1. The third-order valence-electron chi connectivity index (χ3n) is 4.75. The van der Waals surface area contributed by atoms with Gasteiger partial charge < -0.3 is 19.7 Å². The van der Waals surface area contributed by atoms with Crippen molar-refractivity contribution in [2.24, 2.45) is 0 Å². The van der Waals surface area contributed by atoms with Crippen LogP contribution in [-0.4, -0.2) is 58.9 Å². The largest absolute Gasteiger partial charge is 0.444 e. The maximum absolute atomic E-state index is 12.3. The van der Waals surface area contributed by atoms with E-state index in [0.717, 1.165) is 57.0 Å². The Morgan fingerprint density at radius 3 is 2.77 bits per heavy atom. The second-order valence-corrected chi connectivity index (χ2v) is 8.12. The number of carbonyl (C=O) groups excluding carboxylic acids is 1. The minimum Gasteiger partial charge on any atom is -0.444 e. The van der Waals surface area contributed by atoms with Crippen LogP contribution in [0.2, 0.25) is 0 Å². The van der Waals surface area contributed by atoms with Gasteiger partial charge in [-0.1, -0.05) is 0 Å². The summed E-state index contributed by atoms with van der Waals surface area (Å²) in [5.74, 6) is 1.27. The fourth-order valence-electron chi connectivity index (χ4n) is 3.46. The minimum absolute atomic E-state index is 0.175. The lowest BCUT2D eigenvalue weighted by atomic mass is 9.96. The number of ether oxygens (including phenoxy) is 2. The predicted molar refractivity (Wildman–Crippen MR) is 99.3 cm³/mol. The van der Waals surface area contributed by atoms with Crippen LogP contribution >= 0.6 is 0 Å². The quantitative estimate of drug-likeness (QED) is 0.890. The first-order valence-electron chi connectivity index (χ1n) is 9.55. The average molecular weight is 362 g/mol. The van der Waals surface area contributed by atoms with Gasteiger partial charge in [-0.05, 0) is 46.5 Å². The van der Waals surface area contributed by atoms with Crippen molar-refractivity contribution in [3.05, 3.63) is 18.1 Å². The highest BCUT2D eigenvalue weighted by Gasteiger charge is 2.28. The molecule has 0 saturated carbocycles. The van der Waals surface area contributed by atoms with E-state index in [1.54, 1.807) is 11.2 Å². The normalized spacial score (nSPS) is 22.1. The van der Waals surface area contributed by atoms with E-state index in [4.69, 9.17) is 9.47 Å². The van der Waals surface area contributed by atoms with E-state index in [9.17, 15) is 4.79 Å². The Morgan fingerprint density at radius 2 is 2.04 bits per heavy atom. The van der Waals surface area contributed by atoms with Gasteiger partial charge in [-0.15, -0.1) is 0 Å². The molecule has 1 aromatic rings. The van der Waals surface area contributed by atoms with E-state index in [2.05, 4.69) is 15.3 Å². The molecule has 3 rings (SSSR count). The third-order valence-corrected chi connectivity index (χ3v) is 4.75. The maximum Gasteiger partial charge on any atom is 0.410 e. The summed E-state index contributed by atoms with van der Waals surface area (Å²) in [7, 11) is 0. The Morgan fingerprint density at radius 1 is 1.27 bits per heavy atom. The monoisotopic (exact) mass is 362 g/mol. The van der Waals surface area contributed by atoms with E-state index in [1.165, 1.54) is 0 Å². The van der Waals surface area contributed by atoms with Gasteiger partial charge in [0.1, 0.15) is 17.7 Å². The summed E-state index contributed by atoms with van der Waals surface area (Å²) in [5, 5.41) is 3.48. The number of aromatic nitrogens is 2. The Balaban J connectivity index is 1.59. The van der Waals surface area contributed by atoms with Gasteiger partial charge in [0.25, 0.3) is 0 Å². The smallest absolute Gasteiger partial charge is 0.410 e. The van der Waals surface area contributed by atoms with Gasteiger partial charge in [-0.2, -0.15) is 0 Å². The molecule has 0 aliphatic carbocycles. The summed E-state index contributed by atoms with van der Waals surface area (Å²) in [6.45, 7) is 8.64. The number of hydrogen-bond acceptors (Lipinski definition) is 6. The lowest BCUT2D eigenvalue weighted by Gasteiger charge is -2.34. The van der Waals surface area contributed by atoms with Crippen LogP contribution in [0.1, 0.15) is 58.1 Å². The molecule has 7 nitrogen and oxygen atoms in total. The summed E-state index contributed by atoms with van der Waals surface area (Å²) < 4.78 is 10.9. The lowest BCUT2D eigenvalue weighted by molar-refractivity contribution is 0.0206. The molecule has 26 heavy (non-hydrogen) atoms. The Bertz CT molecular complexity index is 611. The topological polar surface area (TPSA) is 76.6 Å². The molecular weight excluding hydrogens is 332 g/mol. The van der Waals surface area contributed by atoms with Gasteiger partial charge in [0.2, 0.25) is 0 Å². The zero-order valence-corrected chi connectivity index (χ0v) is 16.0. The molecule has 2 fully saturated rings. The molecule has 2 aliphatic heterocycles. The zero-order chi connectivity index (χ0) is 18.6. The van der Waals surface area contributed by atoms with Crippen molar-refractivity contribution < 1.29 is 14.3 Å². The van der Waals surface area contributed by atoms with Crippen LogP contribution in [0.15, 0.2) is 12.4 Å². The van der Waals surface area contributed by atoms with Gasteiger partial charge in [0, 0.05) is 50.0 Å². The van der Waals surface area contributed by atoms with Crippen molar-refractivity contribution in [2.45, 2.75) is 64.0 Å². The molecular formula is C19H30N4O3. The zero-order valence-electron chi connectivity index (χ0n) is 16.0. The molecule has 0 spiro atoms. The van der Waals surface area contributed by atoms with Crippen LogP contribution in [0, 0.1) is 0 Å². The highest BCUT2D eigenvalue weighted by Crippen LogP contribution is 2.26. The van der Waals surface area contributed by atoms with Crippen molar-refractivity contribution in [1.29, 1.82) is 0 Å². The summed E-state index contributed by atoms with van der Waals surface area (Å²) in [5.41, 5.74) is 0.605. The molecule has 144 valence electrons. The van der Waals surface area contributed by atoms with Crippen LogP contribution in [0.3, 0.4) is 0 Å². The fourth-order valence-corrected chi connectivity index (χ4v) is 3.46. The molecule has 2 saturated heterocycles. The van der Waals surface area contributed by atoms with Crippen molar-refractivity contribution in [2.75, 3.05) is 31.6 Å². The first-order chi connectivity index (χ1) is 12.4. The average Bonchev–Trinajstić information content (AvgIpc) is 2.61. The minimum atomic E-state index is -0.470. The van der Waals surface area contributed by atoms with E-state index in [0.29, 0.717) is 12.5 Å². The molecule has 7 heteroatoms. The molecule has 1 N–H and O–H groups in total. The molecule has 1 amide bonds. The second kappa shape index (κ2) is 8.20. The fraction of sp³-hybridized carbons (Fsp3) is 0.737. The summed E-state index contributed by atoms with van der Waals surface area (Å²) >= 11 is 0. The van der Waals surface area contributed by atoms with Crippen molar-refractivity contribution >= 4 is 11.9 Å². The SMILES string of the molecule is CC(C)(C)OC(=O)N1CCCC(Nc2cc(C3CCOCC3)ncn2)C1. The van der Waals surface area contributed by atoms with E-state index < -0.39 is 5.60 Å². The number of nitrogens with one attached hydrogen (secondary N) is 1. The molecule has 0 bridgehead atoms. The van der Waals surface area contributed by atoms with E-state index >= 15 is 0 Å². The van der Waals surface area contributed by atoms with Gasteiger partial charge in [0.05, 0.1) is 0 Å². The second-order valence-electron chi connectivity index (χ2n) is 8.12. The molecule has 1 aromatic heterocycles. The first kappa shape index (κ1) is 18.9. The predicted octanol–water partition coefficient (Wildman–Crippen LogP) is 3.18. The number of nitrogens with zero attached hydrogens (tertiary/aromatic N) is 3. The van der Waals surface area contributed by atoms with Crippen LogP contribution in [-0.2, 0) is 9.47 Å². The van der Waals surface area contributed by atoms with Crippen molar-refractivity contribution in [1.82, 2.24) is 14.9 Å². The van der Waals surface area contributed by atoms with Crippen LogP contribution in [0.5, 0.6) is 0 Å². The van der Waals surface area contributed by atoms with E-state index in [1.807, 2.05) is 26.8 Å². The number of carbonyl (C=O) groups is 1. The number of amides is 1. The molecule has 0 radical (unpaired) electrons. The standard InChI is InChI=1S/C19H30N4O3/c1-19(2,3)26-18(24)23-8-4-5-15(12-23)22-17-11-16(20-13-21-17)14-6-9-25-10-7-14/h11,13-15H,4-10,12H2,1-3H3,(H,20,21,22). The van der Waals surface area contributed by atoms with Crippen molar-refractivity contribution in [3.63, 3.8) is 0 Å². The molecule has 0 aromatic carbocycles. The van der Waals surface area contributed by atoms with Gasteiger partial charge in [0.15, 0.2) is 0 Å². The van der Waals surface area contributed by atoms with Gasteiger partial charge in [-0.25, -0.2) is 14.8 Å². The molecule has 1 unspecified atom stereocenters. The molecule has 1 atom stereocenters. The molecule has 2 aliphatic rings. The maximum atomic E-state index is 12.3. The Kier molecular flexibility index (Phi) is 5.96. The van der Waals surface area contributed by atoms with Gasteiger partial charge in [-0.3, -0.25) is 0 Å². The number of rotatable bonds is 3. The van der Waals surface area contributed by atoms with Crippen LogP contribution in [0.25, 0.3) is 0 Å². The van der Waals surface area contributed by atoms with Gasteiger partial charge >= 0.3 is 6.09 Å². The first-order valence-corrected chi connectivity index (χ1v) is 9.55. The molecule has 3 heterocycles. The van der Waals surface area contributed by atoms with Crippen molar-refractivity contribution in [3.8, 4) is 0 Å². The number of piperidine rings is 1. The van der Waals surface area contributed by atoms with Crippen LogP contribution in [0.4, 0.5) is 10.6 Å². The Labute approximate surface area is 155 Å². The summed E-state index contributed by atoms with van der Waals surface area (Å²) in [4.78, 5) is 22.9. The highest BCUT2D eigenvalue weighted by atomic mass is 16.6. The summed E-state index contributed by atoms with van der Waals surface area (Å²) in [6.07, 6.45) is 5.36. The highest BCUT2D eigenvalue weighted by molar-refractivity contribution is 5.68.